The summed E-state index contributed by atoms with van der Waals surface area (Å²) in [6.45, 7) is 5.30. The van der Waals surface area contributed by atoms with Crippen LogP contribution in [0.5, 0.6) is 0 Å². The average Bonchev–Trinajstić information content (AvgIpc) is 3.09. The quantitative estimate of drug-likeness (QED) is 0.626. The van der Waals surface area contributed by atoms with E-state index in [4.69, 9.17) is 9.47 Å². The number of nitrogens with one attached hydrogen (secondary N) is 3. The van der Waals surface area contributed by atoms with Crippen molar-refractivity contribution in [2.45, 2.75) is 76.2 Å². The number of carbonyl (C=O) groups is 1. The Balaban J connectivity index is 1.14. The predicted molar refractivity (Wildman–Crippen MR) is 117 cm³/mol. The lowest BCUT2D eigenvalue weighted by Crippen LogP contribution is -2.63. The van der Waals surface area contributed by atoms with Crippen LogP contribution in [-0.4, -0.2) is 75.7 Å². The van der Waals surface area contributed by atoms with Gasteiger partial charge in [-0.1, -0.05) is 0 Å². The molecule has 0 aromatic rings. The van der Waals surface area contributed by atoms with Gasteiger partial charge < -0.3 is 14.4 Å². The largest absolute Gasteiger partial charge is 0.381 e. The van der Waals surface area contributed by atoms with E-state index in [-0.39, 0.29) is 12.2 Å². The minimum absolute atomic E-state index is 0.205. The van der Waals surface area contributed by atoms with Crippen LogP contribution in [0.1, 0.15) is 57.8 Å². The Kier molecular flexibility index (Phi) is 8.41. The maximum absolute atomic E-state index is 12.8. The van der Waals surface area contributed by atoms with Crippen LogP contribution in [0.15, 0.2) is 0 Å². The average molecular weight is 423 g/mol. The molecule has 3 N–H and O–H groups in total. The van der Waals surface area contributed by atoms with Crippen LogP contribution in [0.2, 0.25) is 0 Å². The van der Waals surface area contributed by atoms with Gasteiger partial charge in [0.05, 0.1) is 12.7 Å². The zero-order valence-electron chi connectivity index (χ0n) is 18.7. The highest BCUT2D eigenvalue weighted by Gasteiger charge is 2.33. The summed E-state index contributed by atoms with van der Waals surface area (Å²) in [5.74, 6) is 2.12. The van der Waals surface area contributed by atoms with Gasteiger partial charge in [-0.25, -0.2) is 0 Å². The number of hydrogen-bond donors (Lipinski definition) is 3. The fourth-order valence-corrected chi connectivity index (χ4v) is 5.90. The first-order valence-electron chi connectivity index (χ1n) is 12.3. The minimum atomic E-state index is 0.205. The van der Waals surface area contributed by atoms with Gasteiger partial charge in [-0.05, 0) is 69.6 Å². The van der Waals surface area contributed by atoms with Gasteiger partial charge in [0, 0.05) is 51.9 Å². The highest BCUT2D eigenvalue weighted by molar-refractivity contribution is 5.79. The van der Waals surface area contributed by atoms with Crippen LogP contribution >= 0.6 is 0 Å². The molecule has 4 rings (SSSR count). The number of nitrogens with zero attached hydrogens (tertiary/aromatic N) is 1. The lowest BCUT2D eigenvalue weighted by molar-refractivity contribution is -0.136. The van der Waals surface area contributed by atoms with Crippen molar-refractivity contribution in [2.24, 2.45) is 17.8 Å². The third kappa shape index (κ3) is 5.94. The van der Waals surface area contributed by atoms with Gasteiger partial charge in [0.1, 0.15) is 6.29 Å². The molecule has 0 unspecified atom stereocenters. The third-order valence-corrected chi connectivity index (χ3v) is 7.90. The molecule has 2 aliphatic heterocycles. The van der Waals surface area contributed by atoms with Gasteiger partial charge in [0.25, 0.3) is 0 Å². The lowest BCUT2D eigenvalue weighted by Gasteiger charge is -2.40. The SMILES string of the molecule is COC1CCC(C2CNC(NC3CCC(C(=O)N4CCCOCC4)CC3)NC2)CC1. The van der Waals surface area contributed by atoms with Crippen molar-refractivity contribution in [3.05, 3.63) is 0 Å². The van der Waals surface area contributed by atoms with Crippen molar-refractivity contribution < 1.29 is 14.3 Å². The summed E-state index contributed by atoms with van der Waals surface area (Å²) >= 11 is 0. The van der Waals surface area contributed by atoms with Crippen molar-refractivity contribution >= 4 is 5.91 Å². The zero-order valence-corrected chi connectivity index (χ0v) is 18.7. The molecule has 4 fully saturated rings. The maximum Gasteiger partial charge on any atom is 0.225 e. The van der Waals surface area contributed by atoms with Gasteiger partial charge >= 0.3 is 0 Å². The molecule has 2 aliphatic carbocycles. The maximum atomic E-state index is 12.8. The molecule has 2 saturated carbocycles. The van der Waals surface area contributed by atoms with Crippen molar-refractivity contribution in [2.75, 3.05) is 46.5 Å². The summed E-state index contributed by atoms with van der Waals surface area (Å²) in [5.41, 5.74) is 0. The first-order chi connectivity index (χ1) is 14.7. The van der Waals surface area contributed by atoms with Crippen LogP contribution in [0.25, 0.3) is 0 Å². The molecule has 172 valence electrons. The van der Waals surface area contributed by atoms with Gasteiger partial charge in [-0.15, -0.1) is 0 Å². The van der Waals surface area contributed by atoms with Crippen LogP contribution in [-0.2, 0) is 14.3 Å². The molecule has 0 spiro atoms. The zero-order chi connectivity index (χ0) is 20.8. The molecule has 7 nitrogen and oxygen atoms in total. The second-order valence-corrected chi connectivity index (χ2v) is 9.79. The van der Waals surface area contributed by atoms with E-state index in [2.05, 4.69) is 16.0 Å². The van der Waals surface area contributed by atoms with Crippen molar-refractivity contribution in [1.82, 2.24) is 20.9 Å². The number of ether oxygens (including phenoxy) is 2. The first-order valence-corrected chi connectivity index (χ1v) is 12.3. The molecule has 2 heterocycles. The Morgan fingerprint density at radius 1 is 0.933 bits per heavy atom. The van der Waals surface area contributed by atoms with Gasteiger partial charge in [-0.2, -0.15) is 0 Å². The fourth-order valence-electron chi connectivity index (χ4n) is 5.90. The molecule has 4 aliphatic rings. The second kappa shape index (κ2) is 11.2. The summed E-state index contributed by atoms with van der Waals surface area (Å²) in [5, 5.41) is 11.1. The molecule has 0 atom stereocenters. The monoisotopic (exact) mass is 422 g/mol. The highest BCUT2D eigenvalue weighted by Crippen LogP contribution is 2.32. The smallest absolute Gasteiger partial charge is 0.225 e. The van der Waals surface area contributed by atoms with Gasteiger partial charge in [-0.3, -0.25) is 20.7 Å². The molecule has 7 heteroatoms. The fraction of sp³-hybridized carbons (Fsp3) is 0.957. The van der Waals surface area contributed by atoms with Crippen LogP contribution in [0.4, 0.5) is 0 Å². The third-order valence-electron chi connectivity index (χ3n) is 7.90. The van der Waals surface area contributed by atoms with E-state index in [0.29, 0.717) is 24.7 Å². The number of amides is 1. The summed E-state index contributed by atoms with van der Waals surface area (Å²) in [7, 11) is 1.85. The summed E-state index contributed by atoms with van der Waals surface area (Å²) in [4.78, 5) is 14.9. The number of hydrogen-bond acceptors (Lipinski definition) is 6. The Hall–Kier alpha value is -0.730. The van der Waals surface area contributed by atoms with Gasteiger partial charge in [0.2, 0.25) is 5.91 Å². The molecule has 0 bridgehead atoms. The lowest BCUT2D eigenvalue weighted by atomic mass is 9.78. The summed E-state index contributed by atoms with van der Waals surface area (Å²) in [6, 6.07) is 0.500. The standard InChI is InChI=1S/C23H42N4O3/c1-29-21-9-5-17(6-10-21)19-15-24-23(25-16-19)26-20-7-3-18(4-8-20)22(28)27-11-2-13-30-14-12-27/h17-21,23-26H,2-16H2,1H3. The number of carbonyl (C=O) groups excluding carboxylic acids is 1. The molecule has 1 amide bonds. The Morgan fingerprint density at radius 3 is 2.37 bits per heavy atom. The molecule has 2 saturated heterocycles. The molecular weight excluding hydrogens is 380 g/mol. The van der Waals surface area contributed by atoms with Crippen LogP contribution < -0.4 is 16.0 Å². The molecular formula is C23H42N4O3. The Bertz CT molecular complexity index is 517. The van der Waals surface area contributed by atoms with E-state index in [9.17, 15) is 4.79 Å². The van der Waals surface area contributed by atoms with Crippen molar-refractivity contribution in [3.8, 4) is 0 Å². The Labute approximate surface area is 182 Å². The predicted octanol–water partition coefficient (Wildman–Crippen LogP) is 1.68. The van der Waals surface area contributed by atoms with E-state index in [1.807, 2.05) is 12.0 Å². The van der Waals surface area contributed by atoms with E-state index in [1.165, 1.54) is 25.7 Å². The summed E-state index contributed by atoms with van der Waals surface area (Å²) < 4.78 is 11.0. The molecule has 0 radical (unpaired) electrons. The van der Waals surface area contributed by atoms with E-state index in [0.717, 1.165) is 76.7 Å². The van der Waals surface area contributed by atoms with Gasteiger partial charge in [0.15, 0.2) is 0 Å². The number of methoxy groups -OCH3 is 1. The van der Waals surface area contributed by atoms with Crippen molar-refractivity contribution in [1.29, 1.82) is 0 Å². The molecule has 0 aromatic carbocycles. The van der Waals surface area contributed by atoms with E-state index in [1.54, 1.807) is 0 Å². The first kappa shape index (κ1) is 22.5. The number of rotatable bonds is 5. The minimum Gasteiger partial charge on any atom is -0.381 e. The topological polar surface area (TPSA) is 74.9 Å². The summed E-state index contributed by atoms with van der Waals surface area (Å²) in [6.07, 6.45) is 10.9. The van der Waals surface area contributed by atoms with Crippen LogP contribution in [0.3, 0.4) is 0 Å². The Morgan fingerprint density at radius 2 is 1.67 bits per heavy atom. The van der Waals surface area contributed by atoms with E-state index < -0.39 is 0 Å². The van der Waals surface area contributed by atoms with Crippen LogP contribution in [0, 0.1) is 17.8 Å². The van der Waals surface area contributed by atoms with Crippen molar-refractivity contribution in [3.63, 3.8) is 0 Å². The second-order valence-electron chi connectivity index (χ2n) is 9.79. The van der Waals surface area contributed by atoms with E-state index >= 15 is 0 Å². The molecule has 0 aromatic heterocycles. The normalized spacial score (nSPS) is 38.8. The highest BCUT2D eigenvalue weighted by atomic mass is 16.5. The molecule has 30 heavy (non-hydrogen) atoms.